The van der Waals surface area contributed by atoms with E-state index in [2.05, 4.69) is 4.98 Å². The molecule has 0 atom stereocenters. The van der Waals surface area contributed by atoms with Gasteiger partial charge >= 0.3 is 53.4 Å². The molecule has 0 aliphatic heterocycles. The molecule has 0 amide bonds. The molecule has 0 N–H and O–H groups in total. The Balaban J connectivity index is 3.05. The van der Waals surface area contributed by atoms with E-state index in [1.165, 1.54) is 25.5 Å². The summed E-state index contributed by atoms with van der Waals surface area (Å²) in [6.07, 6.45) is 1.83. The van der Waals surface area contributed by atoms with E-state index in [0.717, 1.165) is 0 Å². The van der Waals surface area contributed by atoms with Crippen LogP contribution in [0, 0.1) is 0 Å². The zero-order chi connectivity index (χ0) is 4.41. The second-order valence-corrected chi connectivity index (χ2v) is 4.12. The fourth-order valence-electron chi connectivity index (χ4n) is 0.223. The molecule has 6 heavy (non-hydrogen) atoms. The Morgan fingerprint density at radius 3 is 2.83 bits per heavy atom. The molecule has 0 aliphatic carbocycles. The van der Waals surface area contributed by atoms with Crippen LogP contribution in [0.2, 0.25) is 0 Å². The van der Waals surface area contributed by atoms with E-state index in [4.69, 9.17) is 0 Å². The summed E-state index contributed by atoms with van der Waals surface area (Å²) in [6, 6.07) is 0. The third-order valence-corrected chi connectivity index (χ3v) is 2.40. The third-order valence-electron chi connectivity index (χ3n) is 0.432. The summed E-state index contributed by atoms with van der Waals surface area (Å²) < 4.78 is 1.22. The number of thiazole rings is 1. The van der Waals surface area contributed by atoms with Crippen molar-refractivity contribution in [3.05, 3.63) is 11.6 Å². The van der Waals surface area contributed by atoms with Crippen molar-refractivity contribution in [2.45, 2.75) is 0 Å². The summed E-state index contributed by atoms with van der Waals surface area (Å²) >= 11 is 3.12. The van der Waals surface area contributed by atoms with Crippen LogP contribution < -0.4 is 3.02 Å². The van der Waals surface area contributed by atoms with Gasteiger partial charge in [-0.2, -0.15) is 0 Å². The first-order valence-corrected chi connectivity index (χ1v) is 3.81. The van der Waals surface area contributed by atoms with Crippen molar-refractivity contribution in [2.24, 2.45) is 0 Å². The monoisotopic (exact) mass is 204 g/mol. The van der Waals surface area contributed by atoms with Crippen molar-refractivity contribution in [1.82, 2.24) is 4.98 Å². The molecule has 1 nitrogen and oxygen atoms in total. The molecule has 0 unspecified atom stereocenters. The quantitative estimate of drug-likeness (QED) is 0.538. The van der Waals surface area contributed by atoms with E-state index >= 15 is 0 Å². The average Bonchev–Trinajstić information content (AvgIpc) is 1.86. The van der Waals surface area contributed by atoms with Crippen LogP contribution in [0.1, 0.15) is 0 Å². The van der Waals surface area contributed by atoms with Crippen molar-refractivity contribution in [3.63, 3.8) is 0 Å². The SMILES string of the molecule is [Sn+][c]1nccs1. The van der Waals surface area contributed by atoms with E-state index in [1.54, 1.807) is 11.3 Å². The maximum atomic E-state index is 3.98. The minimum absolute atomic E-state index is 1.22. The van der Waals surface area contributed by atoms with Crippen molar-refractivity contribution in [2.75, 3.05) is 0 Å². The van der Waals surface area contributed by atoms with Crippen LogP contribution in [0.15, 0.2) is 11.6 Å². The molecule has 28 valence electrons. The first-order chi connectivity index (χ1) is 2.89. The van der Waals surface area contributed by atoms with Crippen LogP contribution in [0.5, 0.6) is 0 Å². The molecule has 0 saturated carbocycles. The standard InChI is InChI=1S/C3H2NS.Sn/c1-2-5-3-4-1;/h1-2H;/q;+1. The van der Waals surface area contributed by atoms with Gasteiger partial charge in [-0.05, 0) is 0 Å². The fourth-order valence-corrected chi connectivity index (χ4v) is 1.39. The van der Waals surface area contributed by atoms with Crippen molar-refractivity contribution in [3.8, 4) is 0 Å². The second-order valence-electron chi connectivity index (χ2n) is 0.837. The predicted octanol–water partition coefficient (Wildman–Crippen LogP) is -0.0631. The minimum atomic E-state index is 1.22. The number of rotatable bonds is 0. The van der Waals surface area contributed by atoms with Crippen LogP contribution in [0.4, 0.5) is 0 Å². The van der Waals surface area contributed by atoms with E-state index in [9.17, 15) is 0 Å². The Morgan fingerprint density at radius 2 is 2.67 bits per heavy atom. The molecular weight excluding hydrogens is 201 g/mol. The number of hydrogen-bond donors (Lipinski definition) is 0. The zero-order valence-electron chi connectivity index (χ0n) is 3.01. The average molecular weight is 203 g/mol. The van der Waals surface area contributed by atoms with Crippen LogP contribution >= 0.6 is 11.3 Å². The Morgan fingerprint density at radius 1 is 1.83 bits per heavy atom. The summed E-state index contributed by atoms with van der Waals surface area (Å²) in [5, 5.41) is 1.99. The van der Waals surface area contributed by atoms with Crippen LogP contribution in [0.25, 0.3) is 0 Å². The van der Waals surface area contributed by atoms with Crippen molar-refractivity contribution >= 4 is 36.9 Å². The fraction of sp³-hybridized carbons (Fsp3) is 0. The van der Waals surface area contributed by atoms with Crippen molar-refractivity contribution < 1.29 is 0 Å². The molecule has 2 radical (unpaired) electrons. The van der Waals surface area contributed by atoms with Gasteiger partial charge in [-0.25, -0.2) is 0 Å². The molecule has 0 bridgehead atoms. The molecule has 0 spiro atoms. The molecule has 3 heteroatoms. The van der Waals surface area contributed by atoms with Crippen molar-refractivity contribution in [1.29, 1.82) is 0 Å². The third kappa shape index (κ3) is 0.943. The molecule has 1 aromatic rings. The van der Waals surface area contributed by atoms with Crippen LogP contribution in [-0.2, 0) is 0 Å². The summed E-state index contributed by atoms with van der Waals surface area (Å²) in [7, 11) is 0. The maximum absolute atomic E-state index is 3.98. The molecule has 1 aromatic heterocycles. The number of nitrogens with zero attached hydrogens (tertiary/aromatic N) is 1. The molecule has 0 fully saturated rings. The van der Waals surface area contributed by atoms with Gasteiger partial charge in [-0.3, -0.25) is 0 Å². The van der Waals surface area contributed by atoms with Gasteiger partial charge in [0, 0.05) is 0 Å². The zero-order valence-corrected chi connectivity index (χ0v) is 6.68. The Hall–Kier alpha value is 0.429. The van der Waals surface area contributed by atoms with Gasteiger partial charge in [0.2, 0.25) is 0 Å². The summed E-state index contributed by atoms with van der Waals surface area (Å²) in [5.74, 6) is 0. The Labute approximate surface area is 53.5 Å². The molecule has 0 aromatic carbocycles. The van der Waals surface area contributed by atoms with Gasteiger partial charge < -0.3 is 0 Å². The van der Waals surface area contributed by atoms with Gasteiger partial charge in [0.15, 0.2) is 0 Å². The Kier molecular flexibility index (Phi) is 1.47. The van der Waals surface area contributed by atoms with Gasteiger partial charge in [-0.1, -0.05) is 0 Å². The van der Waals surface area contributed by atoms with Crippen LogP contribution in [0.3, 0.4) is 0 Å². The summed E-state index contributed by atoms with van der Waals surface area (Å²) in [4.78, 5) is 3.98. The van der Waals surface area contributed by atoms with E-state index in [1.807, 2.05) is 11.6 Å². The molecule has 0 saturated heterocycles. The molecule has 0 aliphatic rings. The number of hydrogen-bond acceptors (Lipinski definition) is 2. The van der Waals surface area contributed by atoms with E-state index < -0.39 is 0 Å². The predicted molar refractivity (Wildman–Crippen MR) is 27.5 cm³/mol. The van der Waals surface area contributed by atoms with Crippen LogP contribution in [-0.4, -0.2) is 27.5 Å². The topological polar surface area (TPSA) is 12.9 Å². The van der Waals surface area contributed by atoms with Gasteiger partial charge in [0.25, 0.3) is 0 Å². The van der Waals surface area contributed by atoms with Gasteiger partial charge in [-0.15, -0.1) is 0 Å². The summed E-state index contributed by atoms with van der Waals surface area (Å²) in [6.45, 7) is 0. The van der Waals surface area contributed by atoms with Gasteiger partial charge in [0.1, 0.15) is 0 Å². The van der Waals surface area contributed by atoms with E-state index in [-0.39, 0.29) is 0 Å². The molecule has 1 heterocycles. The Bertz CT molecular complexity index is 114. The van der Waals surface area contributed by atoms with E-state index in [0.29, 0.717) is 0 Å². The number of aromatic nitrogens is 1. The first-order valence-electron chi connectivity index (χ1n) is 1.50. The van der Waals surface area contributed by atoms with Gasteiger partial charge in [0.05, 0.1) is 0 Å². The first kappa shape index (κ1) is 4.58. The molecule has 1 rings (SSSR count). The summed E-state index contributed by atoms with van der Waals surface area (Å²) in [5.41, 5.74) is 0. The molecular formula is C3H2NSSn+. The second kappa shape index (κ2) is 1.93. The normalized spacial score (nSPS) is 8.67.